The van der Waals surface area contributed by atoms with Gasteiger partial charge < -0.3 is 5.73 Å². The highest BCUT2D eigenvalue weighted by atomic mass is 79.9. The number of hydrogen-bond donors (Lipinski definition) is 1. The fourth-order valence-electron chi connectivity index (χ4n) is 1.42. The Kier molecular flexibility index (Phi) is 4.78. The van der Waals surface area contributed by atoms with E-state index in [2.05, 4.69) is 26.9 Å². The first kappa shape index (κ1) is 13.0. The molecule has 16 heavy (non-hydrogen) atoms. The Balaban J connectivity index is 2.66. The van der Waals surface area contributed by atoms with Crippen LogP contribution in [0.5, 0.6) is 0 Å². The number of rotatable bonds is 4. The van der Waals surface area contributed by atoms with Crippen LogP contribution in [0.2, 0.25) is 0 Å². The van der Waals surface area contributed by atoms with Crippen molar-refractivity contribution in [3.63, 3.8) is 0 Å². The van der Waals surface area contributed by atoms with Gasteiger partial charge in [-0.25, -0.2) is 0 Å². The van der Waals surface area contributed by atoms with Gasteiger partial charge in [0.25, 0.3) is 0 Å². The Labute approximate surface area is 105 Å². The summed E-state index contributed by atoms with van der Waals surface area (Å²) >= 11 is 3.37. The van der Waals surface area contributed by atoms with E-state index >= 15 is 0 Å². The summed E-state index contributed by atoms with van der Waals surface area (Å²) < 4.78 is 0.920. The predicted molar refractivity (Wildman–Crippen MR) is 69.7 cm³/mol. The van der Waals surface area contributed by atoms with Crippen LogP contribution in [-0.4, -0.2) is 18.0 Å². The van der Waals surface area contributed by atoms with E-state index in [0.717, 1.165) is 22.3 Å². The number of halogens is 1. The minimum Gasteiger partial charge on any atom is -0.398 e. The fourth-order valence-corrected chi connectivity index (χ4v) is 1.67. The third-order valence-electron chi connectivity index (χ3n) is 2.63. The lowest BCUT2D eigenvalue weighted by molar-refractivity contribution is 0.252. The molecule has 86 valence electrons. The molecule has 0 spiro atoms. The molecule has 0 bridgehead atoms. The number of anilines is 1. The number of nitrogen functional groups attached to an aromatic ring is 1. The molecule has 0 saturated heterocycles. The number of nitrogens with zero attached hydrogens (tertiary/aromatic N) is 2. The minimum atomic E-state index is 0.259. The van der Waals surface area contributed by atoms with Gasteiger partial charge in [0.1, 0.15) is 0 Å². The van der Waals surface area contributed by atoms with Crippen molar-refractivity contribution in [3.05, 3.63) is 28.2 Å². The summed E-state index contributed by atoms with van der Waals surface area (Å²) in [7, 11) is 2.01. The molecule has 2 N–H and O–H groups in total. The van der Waals surface area contributed by atoms with Gasteiger partial charge >= 0.3 is 0 Å². The Morgan fingerprint density at radius 2 is 2.25 bits per heavy atom. The van der Waals surface area contributed by atoms with Crippen molar-refractivity contribution >= 4 is 21.6 Å². The molecule has 0 radical (unpaired) electrons. The van der Waals surface area contributed by atoms with Gasteiger partial charge in [-0.3, -0.25) is 4.90 Å². The van der Waals surface area contributed by atoms with Crippen molar-refractivity contribution in [1.82, 2.24) is 4.90 Å². The van der Waals surface area contributed by atoms with Gasteiger partial charge in [-0.05, 0) is 47.6 Å². The summed E-state index contributed by atoms with van der Waals surface area (Å²) in [5.74, 6) is 0. The maximum absolute atomic E-state index is 8.63. The van der Waals surface area contributed by atoms with Crippen molar-refractivity contribution in [2.24, 2.45) is 0 Å². The first-order valence-corrected chi connectivity index (χ1v) is 5.95. The van der Waals surface area contributed by atoms with Gasteiger partial charge in [-0.15, -0.1) is 0 Å². The lowest BCUT2D eigenvalue weighted by Gasteiger charge is -2.22. The van der Waals surface area contributed by atoms with Gasteiger partial charge in [0.05, 0.1) is 12.5 Å². The first-order chi connectivity index (χ1) is 7.54. The summed E-state index contributed by atoms with van der Waals surface area (Å²) in [6, 6.07) is 8.39. The van der Waals surface area contributed by atoms with Crippen molar-refractivity contribution in [3.8, 4) is 6.07 Å². The van der Waals surface area contributed by atoms with Gasteiger partial charge in [0, 0.05) is 22.7 Å². The third-order valence-corrected chi connectivity index (χ3v) is 3.35. The summed E-state index contributed by atoms with van der Waals surface area (Å²) in [5, 5.41) is 8.63. The Bertz CT molecular complexity index is 398. The van der Waals surface area contributed by atoms with Crippen molar-refractivity contribution in [1.29, 1.82) is 5.26 Å². The second-order valence-electron chi connectivity index (χ2n) is 3.98. The average molecular weight is 282 g/mol. The maximum atomic E-state index is 8.63. The van der Waals surface area contributed by atoms with E-state index in [1.54, 1.807) is 0 Å². The standard InChI is InChI=1S/C12H16BrN3/c1-9(5-6-14)16(2)8-10-3-4-11(13)12(15)7-10/h3-4,7,9H,5,8,15H2,1-2H3. The Morgan fingerprint density at radius 1 is 1.56 bits per heavy atom. The zero-order valence-electron chi connectivity index (χ0n) is 9.57. The lowest BCUT2D eigenvalue weighted by atomic mass is 10.1. The zero-order chi connectivity index (χ0) is 12.1. The molecule has 1 rings (SSSR count). The summed E-state index contributed by atoms with van der Waals surface area (Å²) in [5.41, 5.74) is 7.72. The van der Waals surface area contributed by atoms with Crippen LogP contribution in [-0.2, 0) is 6.54 Å². The molecule has 4 heteroatoms. The first-order valence-electron chi connectivity index (χ1n) is 5.15. The molecule has 1 atom stereocenters. The molecular formula is C12H16BrN3. The number of nitrogens with two attached hydrogens (primary N) is 1. The predicted octanol–water partition coefficient (Wildman–Crippen LogP) is 2.77. The number of hydrogen-bond acceptors (Lipinski definition) is 3. The van der Waals surface area contributed by atoms with E-state index in [-0.39, 0.29) is 6.04 Å². The second kappa shape index (κ2) is 5.88. The number of nitriles is 1. The van der Waals surface area contributed by atoms with Crippen LogP contribution in [0, 0.1) is 11.3 Å². The second-order valence-corrected chi connectivity index (χ2v) is 4.84. The smallest absolute Gasteiger partial charge is 0.0638 e. The van der Waals surface area contributed by atoms with Crippen molar-refractivity contribution in [2.75, 3.05) is 12.8 Å². The highest BCUT2D eigenvalue weighted by Gasteiger charge is 2.09. The molecule has 0 aromatic heterocycles. The monoisotopic (exact) mass is 281 g/mol. The Hall–Kier alpha value is -1.05. The molecular weight excluding hydrogens is 266 g/mol. The van der Waals surface area contributed by atoms with Gasteiger partial charge in [-0.1, -0.05) is 6.07 Å². The van der Waals surface area contributed by atoms with Crippen LogP contribution < -0.4 is 5.73 Å². The van der Waals surface area contributed by atoms with E-state index in [9.17, 15) is 0 Å². The van der Waals surface area contributed by atoms with Crippen LogP contribution in [0.4, 0.5) is 5.69 Å². The Morgan fingerprint density at radius 3 is 2.81 bits per heavy atom. The van der Waals surface area contributed by atoms with E-state index in [1.807, 2.05) is 32.2 Å². The molecule has 0 amide bonds. The van der Waals surface area contributed by atoms with Gasteiger partial charge in [0.15, 0.2) is 0 Å². The molecule has 0 fully saturated rings. The van der Waals surface area contributed by atoms with E-state index in [4.69, 9.17) is 11.0 Å². The molecule has 0 heterocycles. The van der Waals surface area contributed by atoms with Crippen LogP contribution in [0.15, 0.2) is 22.7 Å². The SMILES string of the molecule is CC(CC#N)N(C)Cc1ccc(Br)c(N)c1. The van der Waals surface area contributed by atoms with Crippen LogP contribution >= 0.6 is 15.9 Å². The molecule has 1 unspecified atom stereocenters. The van der Waals surface area contributed by atoms with Crippen molar-refractivity contribution < 1.29 is 0 Å². The maximum Gasteiger partial charge on any atom is 0.0638 e. The van der Waals surface area contributed by atoms with Gasteiger partial charge in [-0.2, -0.15) is 5.26 Å². The summed E-state index contributed by atoms with van der Waals surface area (Å²) in [6.45, 7) is 2.85. The normalized spacial score (nSPS) is 12.4. The zero-order valence-corrected chi connectivity index (χ0v) is 11.2. The van der Waals surface area contributed by atoms with E-state index < -0.39 is 0 Å². The molecule has 0 aliphatic carbocycles. The van der Waals surface area contributed by atoms with Crippen LogP contribution in [0.3, 0.4) is 0 Å². The minimum absolute atomic E-state index is 0.259. The summed E-state index contributed by atoms with van der Waals surface area (Å²) in [4.78, 5) is 2.14. The van der Waals surface area contributed by atoms with E-state index in [1.165, 1.54) is 0 Å². The highest BCUT2D eigenvalue weighted by Crippen LogP contribution is 2.21. The lowest BCUT2D eigenvalue weighted by Crippen LogP contribution is -2.28. The molecule has 0 aliphatic rings. The van der Waals surface area contributed by atoms with Crippen molar-refractivity contribution in [2.45, 2.75) is 25.9 Å². The van der Waals surface area contributed by atoms with Crippen LogP contribution in [0.1, 0.15) is 18.9 Å². The fraction of sp³-hybridized carbons (Fsp3) is 0.417. The number of benzene rings is 1. The largest absolute Gasteiger partial charge is 0.398 e. The molecule has 1 aromatic carbocycles. The van der Waals surface area contributed by atoms with E-state index in [0.29, 0.717) is 6.42 Å². The highest BCUT2D eigenvalue weighted by molar-refractivity contribution is 9.10. The quantitative estimate of drug-likeness (QED) is 0.864. The topological polar surface area (TPSA) is 53.0 Å². The molecule has 0 aliphatic heterocycles. The summed E-state index contributed by atoms with van der Waals surface area (Å²) in [6.07, 6.45) is 0.544. The van der Waals surface area contributed by atoms with Crippen LogP contribution in [0.25, 0.3) is 0 Å². The third kappa shape index (κ3) is 3.51. The molecule has 3 nitrogen and oxygen atoms in total. The van der Waals surface area contributed by atoms with Gasteiger partial charge in [0.2, 0.25) is 0 Å². The molecule has 0 saturated carbocycles. The average Bonchev–Trinajstić information content (AvgIpc) is 2.24. The molecule has 1 aromatic rings.